The Kier molecular flexibility index (Phi) is 7.27. The van der Waals surface area contributed by atoms with Gasteiger partial charge in [-0.05, 0) is 32.2 Å². The molecule has 0 saturated carbocycles. The Balaban J connectivity index is 1.30. The second kappa shape index (κ2) is 10.6. The Morgan fingerprint density at radius 3 is 2.68 bits per heavy atom. The maximum Gasteiger partial charge on any atom is 0.306 e. The monoisotopic (exact) mass is 524 g/mol. The average molecular weight is 525 g/mol. The number of nitrogens with zero attached hydrogens (tertiary/aromatic N) is 3. The highest BCUT2D eigenvalue weighted by Crippen LogP contribution is 2.25. The van der Waals surface area contributed by atoms with E-state index in [-0.39, 0.29) is 36.3 Å². The van der Waals surface area contributed by atoms with Crippen LogP contribution in [0.1, 0.15) is 42.8 Å². The standard InChI is InChI=1S/C26H32N6O4S/c1-15-4-5-17-16(10-15)11-19(27-17)24(34)28-20-12-32(9-7-23(33)36-3)13-21(20)29-25(35)26-30-18-6-8-31(2)14-22(18)37-26/h4-5,10-11,20-21,27H,6-9,12-14H2,1-3H3,(H,28,34)(H,29,35)/t20-,21-/m1/s1. The first kappa shape index (κ1) is 25.4. The predicted molar refractivity (Wildman–Crippen MR) is 141 cm³/mol. The van der Waals surface area contributed by atoms with Crippen LogP contribution in [0.3, 0.4) is 0 Å². The number of likely N-dealkylation sites (N-methyl/N-ethyl adjacent to an activating group) is 1. The summed E-state index contributed by atoms with van der Waals surface area (Å²) >= 11 is 1.43. The number of ether oxygens (including phenoxy) is 1. The van der Waals surface area contributed by atoms with Gasteiger partial charge < -0.3 is 25.3 Å². The molecule has 11 heteroatoms. The van der Waals surface area contributed by atoms with Gasteiger partial charge in [0.25, 0.3) is 11.8 Å². The molecule has 0 radical (unpaired) electrons. The Morgan fingerprint density at radius 2 is 1.92 bits per heavy atom. The topological polar surface area (TPSA) is 120 Å². The van der Waals surface area contributed by atoms with Gasteiger partial charge in [0.15, 0.2) is 5.01 Å². The van der Waals surface area contributed by atoms with Crippen molar-refractivity contribution in [2.24, 2.45) is 0 Å². The van der Waals surface area contributed by atoms with Crippen LogP contribution in [0.2, 0.25) is 0 Å². The lowest BCUT2D eigenvalue weighted by atomic mass is 10.1. The van der Waals surface area contributed by atoms with Gasteiger partial charge in [0.05, 0.1) is 31.3 Å². The van der Waals surface area contributed by atoms with E-state index in [0.29, 0.717) is 30.3 Å². The van der Waals surface area contributed by atoms with E-state index in [0.717, 1.165) is 46.5 Å². The van der Waals surface area contributed by atoms with Crippen molar-refractivity contribution >= 4 is 40.0 Å². The van der Waals surface area contributed by atoms with Crippen LogP contribution in [0, 0.1) is 6.92 Å². The molecule has 0 aliphatic carbocycles. The highest BCUT2D eigenvalue weighted by molar-refractivity contribution is 7.13. The molecule has 5 rings (SSSR count). The summed E-state index contributed by atoms with van der Waals surface area (Å²) in [5.74, 6) is -0.761. The lowest BCUT2D eigenvalue weighted by Crippen LogP contribution is -2.51. The van der Waals surface area contributed by atoms with E-state index in [1.807, 2.05) is 31.2 Å². The molecule has 0 unspecified atom stereocenters. The van der Waals surface area contributed by atoms with Crippen LogP contribution < -0.4 is 10.6 Å². The second-order valence-corrected chi connectivity index (χ2v) is 11.0. The second-order valence-electron chi connectivity index (χ2n) is 9.90. The molecule has 1 fully saturated rings. The van der Waals surface area contributed by atoms with E-state index in [9.17, 15) is 14.4 Å². The minimum absolute atomic E-state index is 0.234. The highest BCUT2D eigenvalue weighted by atomic mass is 32.1. The number of aromatic amines is 1. The van der Waals surface area contributed by atoms with Crippen molar-refractivity contribution in [2.45, 2.75) is 38.4 Å². The molecule has 2 aliphatic rings. The van der Waals surface area contributed by atoms with Gasteiger partial charge in [-0.2, -0.15) is 0 Å². The van der Waals surface area contributed by atoms with Crippen molar-refractivity contribution in [1.82, 2.24) is 30.4 Å². The lowest BCUT2D eigenvalue weighted by Gasteiger charge is -2.20. The summed E-state index contributed by atoms with van der Waals surface area (Å²) in [7, 11) is 3.43. The van der Waals surface area contributed by atoms with Gasteiger partial charge in [0.2, 0.25) is 0 Å². The number of H-pyrrole nitrogens is 1. The minimum Gasteiger partial charge on any atom is -0.469 e. The first-order valence-corrected chi connectivity index (χ1v) is 13.3. The normalized spacial score (nSPS) is 20.1. The van der Waals surface area contributed by atoms with Crippen LogP contribution in [0.5, 0.6) is 0 Å². The molecule has 2 amide bonds. The third kappa shape index (κ3) is 5.68. The highest BCUT2D eigenvalue weighted by Gasteiger charge is 2.36. The summed E-state index contributed by atoms with van der Waals surface area (Å²) in [6.45, 7) is 5.23. The molecule has 0 bridgehead atoms. The molecule has 3 N–H and O–H groups in total. The SMILES string of the molecule is COC(=O)CCN1C[C@@H](NC(=O)c2cc3cc(C)ccc3[nH]2)[C@H](NC(=O)c2nc3c(s2)CN(C)CC3)C1. The summed E-state index contributed by atoms with van der Waals surface area (Å²) in [5, 5.41) is 7.62. The van der Waals surface area contributed by atoms with Gasteiger partial charge in [0, 0.05) is 54.9 Å². The molecule has 2 atom stereocenters. The summed E-state index contributed by atoms with van der Waals surface area (Å²) in [6.07, 6.45) is 1.08. The number of carbonyl (C=O) groups excluding carboxylic acids is 3. The molecule has 10 nitrogen and oxygen atoms in total. The van der Waals surface area contributed by atoms with Crippen LogP contribution >= 0.6 is 11.3 Å². The molecule has 1 saturated heterocycles. The average Bonchev–Trinajstić information content (AvgIpc) is 3.58. The minimum atomic E-state index is -0.331. The fourth-order valence-corrected chi connectivity index (χ4v) is 6.07. The number of nitrogens with one attached hydrogen (secondary N) is 3. The van der Waals surface area contributed by atoms with E-state index < -0.39 is 0 Å². The maximum atomic E-state index is 13.2. The predicted octanol–water partition coefficient (Wildman–Crippen LogP) is 1.70. The number of amides is 2. The zero-order valence-electron chi connectivity index (χ0n) is 21.3. The number of aryl methyl sites for hydroxylation is 1. The van der Waals surface area contributed by atoms with E-state index in [1.54, 1.807) is 0 Å². The maximum absolute atomic E-state index is 13.2. The number of fused-ring (bicyclic) bond motifs is 2. The number of esters is 1. The number of methoxy groups -OCH3 is 1. The number of hydrogen-bond acceptors (Lipinski definition) is 8. The van der Waals surface area contributed by atoms with Crippen LogP contribution in [0.4, 0.5) is 0 Å². The van der Waals surface area contributed by atoms with Gasteiger partial charge in [-0.25, -0.2) is 4.98 Å². The molecular weight excluding hydrogens is 492 g/mol. The quantitative estimate of drug-likeness (QED) is 0.403. The summed E-state index contributed by atoms with van der Waals surface area (Å²) in [4.78, 5) is 51.2. The van der Waals surface area contributed by atoms with Gasteiger partial charge in [-0.1, -0.05) is 11.6 Å². The van der Waals surface area contributed by atoms with Gasteiger partial charge in [-0.3, -0.25) is 19.3 Å². The van der Waals surface area contributed by atoms with Crippen molar-refractivity contribution in [3.8, 4) is 0 Å². The number of hydrogen-bond donors (Lipinski definition) is 3. The largest absolute Gasteiger partial charge is 0.469 e. The van der Waals surface area contributed by atoms with E-state index in [2.05, 4.69) is 37.4 Å². The number of benzene rings is 1. The zero-order valence-corrected chi connectivity index (χ0v) is 22.1. The molecular formula is C26H32N6O4S. The van der Waals surface area contributed by atoms with E-state index in [1.165, 1.54) is 18.4 Å². The molecule has 37 heavy (non-hydrogen) atoms. The third-order valence-corrected chi connectivity index (χ3v) is 8.11. The number of carbonyl (C=O) groups is 3. The Hall–Kier alpha value is -3.28. The van der Waals surface area contributed by atoms with Crippen LogP contribution in [0.25, 0.3) is 10.9 Å². The number of rotatable bonds is 7. The molecule has 1 aromatic carbocycles. The zero-order chi connectivity index (χ0) is 26.1. The summed E-state index contributed by atoms with van der Waals surface area (Å²) < 4.78 is 4.77. The number of aromatic nitrogens is 2. The third-order valence-electron chi connectivity index (χ3n) is 7.03. The van der Waals surface area contributed by atoms with Crippen molar-refractivity contribution in [2.75, 3.05) is 40.3 Å². The van der Waals surface area contributed by atoms with Crippen molar-refractivity contribution in [1.29, 1.82) is 0 Å². The molecule has 2 aromatic heterocycles. The molecule has 0 spiro atoms. The molecule has 4 heterocycles. The summed E-state index contributed by atoms with van der Waals surface area (Å²) in [5.41, 5.74) is 3.48. The molecule has 3 aromatic rings. The van der Waals surface area contributed by atoms with Gasteiger partial charge >= 0.3 is 5.97 Å². The summed E-state index contributed by atoms with van der Waals surface area (Å²) in [6, 6.07) is 7.16. The van der Waals surface area contributed by atoms with E-state index in [4.69, 9.17) is 4.74 Å². The van der Waals surface area contributed by atoms with Crippen LogP contribution in [-0.4, -0.2) is 90.0 Å². The van der Waals surface area contributed by atoms with Gasteiger partial charge in [0.1, 0.15) is 5.69 Å². The van der Waals surface area contributed by atoms with Crippen molar-refractivity contribution in [3.05, 3.63) is 51.1 Å². The lowest BCUT2D eigenvalue weighted by molar-refractivity contribution is -0.140. The van der Waals surface area contributed by atoms with Crippen LogP contribution in [0.15, 0.2) is 24.3 Å². The van der Waals surface area contributed by atoms with E-state index >= 15 is 0 Å². The van der Waals surface area contributed by atoms with Crippen molar-refractivity contribution < 1.29 is 19.1 Å². The smallest absolute Gasteiger partial charge is 0.306 e. The van der Waals surface area contributed by atoms with Crippen molar-refractivity contribution in [3.63, 3.8) is 0 Å². The fourth-order valence-electron chi connectivity index (χ4n) is 4.98. The molecule has 2 aliphatic heterocycles. The Morgan fingerprint density at radius 1 is 1.16 bits per heavy atom. The first-order chi connectivity index (χ1) is 17.8. The van der Waals surface area contributed by atoms with Crippen LogP contribution in [-0.2, 0) is 22.5 Å². The first-order valence-electron chi connectivity index (χ1n) is 12.5. The molecule has 196 valence electrons. The Labute approximate surface area is 219 Å². The fraction of sp³-hybridized carbons (Fsp3) is 0.462. The number of thiazole rings is 1. The van der Waals surface area contributed by atoms with Gasteiger partial charge in [-0.15, -0.1) is 11.3 Å². The Bertz CT molecular complexity index is 1330. The number of likely N-dealkylation sites (tertiary alicyclic amines) is 1.